The molecule has 0 aromatic heterocycles. The van der Waals surface area contributed by atoms with Crippen molar-refractivity contribution in [3.05, 3.63) is 18.2 Å². The first-order valence-electron chi connectivity index (χ1n) is 7.02. The van der Waals surface area contributed by atoms with Crippen LogP contribution in [0.2, 0.25) is 0 Å². The molecular formula is C14H23N3O3S. The van der Waals surface area contributed by atoms with Gasteiger partial charge in [-0.05, 0) is 45.1 Å². The number of sulfonamides is 1. The number of nitrogens with zero attached hydrogens (tertiary/aromatic N) is 1. The van der Waals surface area contributed by atoms with E-state index in [1.807, 2.05) is 14.1 Å². The van der Waals surface area contributed by atoms with Gasteiger partial charge in [-0.1, -0.05) is 12.8 Å². The molecule has 0 amide bonds. The van der Waals surface area contributed by atoms with E-state index in [1.165, 1.54) is 18.2 Å². The second kappa shape index (κ2) is 5.82. The predicted octanol–water partition coefficient (Wildman–Crippen LogP) is 1.13. The summed E-state index contributed by atoms with van der Waals surface area (Å²) in [7, 11) is 0.342. The van der Waals surface area contributed by atoms with Crippen LogP contribution >= 0.6 is 0 Å². The van der Waals surface area contributed by atoms with Crippen LogP contribution in [0.25, 0.3) is 0 Å². The molecule has 4 N–H and O–H groups in total. The Morgan fingerprint density at radius 1 is 1.33 bits per heavy atom. The van der Waals surface area contributed by atoms with Gasteiger partial charge >= 0.3 is 0 Å². The quantitative estimate of drug-likeness (QED) is 0.559. The lowest BCUT2D eigenvalue weighted by Gasteiger charge is -2.36. The fraction of sp³-hybridized carbons (Fsp3) is 0.571. The van der Waals surface area contributed by atoms with Gasteiger partial charge < -0.3 is 15.7 Å². The van der Waals surface area contributed by atoms with Crippen LogP contribution in [0.5, 0.6) is 5.75 Å². The second-order valence-electron chi connectivity index (χ2n) is 5.87. The van der Waals surface area contributed by atoms with Crippen molar-refractivity contribution in [2.24, 2.45) is 0 Å². The zero-order valence-electron chi connectivity index (χ0n) is 12.5. The molecule has 0 atom stereocenters. The van der Waals surface area contributed by atoms with E-state index in [0.717, 1.165) is 25.7 Å². The first-order chi connectivity index (χ1) is 9.77. The van der Waals surface area contributed by atoms with Crippen molar-refractivity contribution in [1.82, 2.24) is 9.62 Å². The van der Waals surface area contributed by atoms with Gasteiger partial charge in [-0.3, -0.25) is 0 Å². The van der Waals surface area contributed by atoms with Crippen molar-refractivity contribution in [2.75, 3.05) is 26.4 Å². The third kappa shape index (κ3) is 3.30. The molecule has 1 aromatic carbocycles. The molecule has 1 aliphatic carbocycles. The molecule has 7 heteroatoms. The van der Waals surface area contributed by atoms with E-state index in [2.05, 4.69) is 9.62 Å². The Labute approximate surface area is 126 Å². The highest BCUT2D eigenvalue weighted by molar-refractivity contribution is 7.89. The second-order valence-corrected chi connectivity index (χ2v) is 7.64. The molecule has 1 aromatic rings. The van der Waals surface area contributed by atoms with E-state index in [-0.39, 0.29) is 21.9 Å². The molecule has 6 nitrogen and oxygen atoms in total. The standard InChI is InChI=1S/C14H23N3O3S/c1-17(2)14(7-3-4-8-14)10-16-21(19,20)11-5-6-13(18)12(15)9-11/h5-6,9,16,18H,3-4,7-8,10,15H2,1-2H3. The zero-order chi connectivity index (χ0) is 15.7. The van der Waals surface area contributed by atoms with Crippen molar-refractivity contribution in [3.63, 3.8) is 0 Å². The van der Waals surface area contributed by atoms with Gasteiger partial charge in [0.25, 0.3) is 0 Å². The molecule has 0 aliphatic heterocycles. The van der Waals surface area contributed by atoms with E-state index < -0.39 is 10.0 Å². The van der Waals surface area contributed by atoms with Crippen LogP contribution < -0.4 is 10.5 Å². The minimum atomic E-state index is -3.63. The number of nitrogens with two attached hydrogens (primary N) is 1. The van der Waals surface area contributed by atoms with Crippen molar-refractivity contribution >= 4 is 15.7 Å². The Bertz CT molecular complexity index is 608. The summed E-state index contributed by atoms with van der Waals surface area (Å²) in [4.78, 5) is 2.18. The Kier molecular flexibility index (Phi) is 4.46. The summed E-state index contributed by atoms with van der Waals surface area (Å²) in [6.07, 6.45) is 4.21. The van der Waals surface area contributed by atoms with Crippen LogP contribution in [0.15, 0.2) is 23.1 Å². The van der Waals surface area contributed by atoms with Gasteiger partial charge in [0.1, 0.15) is 5.75 Å². The maximum atomic E-state index is 12.4. The average Bonchev–Trinajstić information content (AvgIpc) is 2.90. The molecule has 0 bridgehead atoms. The Morgan fingerprint density at radius 3 is 2.48 bits per heavy atom. The Morgan fingerprint density at radius 2 is 1.95 bits per heavy atom. The highest BCUT2D eigenvalue weighted by Gasteiger charge is 2.37. The van der Waals surface area contributed by atoms with E-state index in [0.29, 0.717) is 6.54 Å². The molecule has 0 heterocycles. The van der Waals surface area contributed by atoms with Gasteiger partial charge in [0, 0.05) is 12.1 Å². The molecule has 21 heavy (non-hydrogen) atoms. The highest BCUT2D eigenvalue weighted by atomic mass is 32.2. The number of hydrogen-bond donors (Lipinski definition) is 3. The molecule has 0 unspecified atom stereocenters. The maximum absolute atomic E-state index is 12.4. The smallest absolute Gasteiger partial charge is 0.240 e. The summed E-state index contributed by atoms with van der Waals surface area (Å²) in [5, 5.41) is 9.38. The number of anilines is 1. The fourth-order valence-electron chi connectivity index (χ4n) is 2.83. The number of phenols is 1. The van der Waals surface area contributed by atoms with Crippen LogP contribution in [0, 0.1) is 0 Å². The summed E-state index contributed by atoms with van der Waals surface area (Å²) in [5.41, 5.74) is 5.50. The molecular weight excluding hydrogens is 290 g/mol. The number of benzene rings is 1. The number of aromatic hydroxyl groups is 1. The minimum Gasteiger partial charge on any atom is -0.506 e. The lowest BCUT2D eigenvalue weighted by molar-refractivity contribution is 0.162. The lowest BCUT2D eigenvalue weighted by Crippen LogP contribution is -2.50. The van der Waals surface area contributed by atoms with Crippen LogP contribution in [0.4, 0.5) is 5.69 Å². The topological polar surface area (TPSA) is 95.7 Å². The summed E-state index contributed by atoms with van der Waals surface area (Å²) >= 11 is 0. The molecule has 118 valence electrons. The van der Waals surface area contributed by atoms with Crippen LogP contribution in [-0.2, 0) is 10.0 Å². The van der Waals surface area contributed by atoms with Crippen molar-refractivity contribution in [2.45, 2.75) is 36.1 Å². The highest BCUT2D eigenvalue weighted by Crippen LogP contribution is 2.33. The first kappa shape index (κ1) is 16.1. The number of hydrogen-bond acceptors (Lipinski definition) is 5. The molecule has 0 saturated heterocycles. The first-order valence-corrected chi connectivity index (χ1v) is 8.51. The van der Waals surface area contributed by atoms with Crippen molar-refractivity contribution < 1.29 is 13.5 Å². The van der Waals surface area contributed by atoms with Gasteiger partial charge in [-0.15, -0.1) is 0 Å². The number of rotatable bonds is 5. The van der Waals surface area contributed by atoms with Gasteiger partial charge in [0.05, 0.1) is 10.6 Å². The Balaban J connectivity index is 2.15. The maximum Gasteiger partial charge on any atom is 0.240 e. The third-order valence-electron chi connectivity index (χ3n) is 4.38. The van der Waals surface area contributed by atoms with Crippen molar-refractivity contribution in [3.8, 4) is 5.75 Å². The number of nitrogen functional groups attached to an aromatic ring is 1. The normalized spacial score (nSPS) is 18.2. The molecule has 1 fully saturated rings. The zero-order valence-corrected chi connectivity index (χ0v) is 13.3. The predicted molar refractivity (Wildman–Crippen MR) is 82.6 cm³/mol. The van der Waals surface area contributed by atoms with E-state index >= 15 is 0 Å². The largest absolute Gasteiger partial charge is 0.506 e. The summed E-state index contributed by atoms with van der Waals surface area (Å²) < 4.78 is 27.4. The summed E-state index contributed by atoms with van der Waals surface area (Å²) in [5.74, 6) is -0.116. The van der Waals surface area contributed by atoms with E-state index in [4.69, 9.17) is 5.73 Å². The molecule has 1 aliphatic rings. The van der Waals surface area contributed by atoms with Gasteiger partial charge in [0.15, 0.2) is 0 Å². The van der Waals surface area contributed by atoms with Gasteiger partial charge in [-0.2, -0.15) is 0 Å². The SMILES string of the molecule is CN(C)C1(CNS(=O)(=O)c2ccc(O)c(N)c2)CCCC1. The number of nitrogens with one attached hydrogen (secondary N) is 1. The third-order valence-corrected chi connectivity index (χ3v) is 5.78. The number of phenolic OH excluding ortho intramolecular Hbond substituents is 1. The summed E-state index contributed by atoms with van der Waals surface area (Å²) in [6.45, 7) is 0.378. The van der Waals surface area contributed by atoms with Crippen molar-refractivity contribution in [1.29, 1.82) is 0 Å². The summed E-state index contributed by atoms with van der Waals surface area (Å²) in [6, 6.07) is 3.92. The van der Waals surface area contributed by atoms with Crippen LogP contribution in [-0.4, -0.2) is 44.6 Å². The van der Waals surface area contributed by atoms with Crippen LogP contribution in [0.1, 0.15) is 25.7 Å². The van der Waals surface area contributed by atoms with E-state index in [9.17, 15) is 13.5 Å². The monoisotopic (exact) mass is 313 g/mol. The Hall–Kier alpha value is -1.31. The minimum absolute atomic E-state index is 0.0565. The van der Waals surface area contributed by atoms with Gasteiger partial charge in [0.2, 0.25) is 10.0 Å². The fourth-order valence-corrected chi connectivity index (χ4v) is 3.98. The molecule has 2 rings (SSSR count). The number of likely N-dealkylation sites (N-methyl/N-ethyl adjacent to an activating group) is 1. The molecule has 0 radical (unpaired) electrons. The lowest BCUT2D eigenvalue weighted by atomic mass is 9.97. The van der Waals surface area contributed by atoms with Crippen LogP contribution in [0.3, 0.4) is 0 Å². The molecule has 1 saturated carbocycles. The molecule has 0 spiro atoms. The average molecular weight is 313 g/mol. The van der Waals surface area contributed by atoms with Gasteiger partial charge in [-0.25, -0.2) is 13.1 Å². The van der Waals surface area contributed by atoms with E-state index in [1.54, 1.807) is 0 Å².